The van der Waals surface area contributed by atoms with Crippen LogP contribution in [0.5, 0.6) is 0 Å². The Morgan fingerprint density at radius 1 is 0.684 bits per heavy atom. The molecule has 38 heavy (non-hydrogen) atoms. The number of fused-ring (bicyclic) bond motifs is 1. The molecular formula is C31H36O7. The van der Waals surface area contributed by atoms with Crippen LogP contribution in [0.1, 0.15) is 30.5 Å². The van der Waals surface area contributed by atoms with Gasteiger partial charge in [0.25, 0.3) is 5.97 Å². The van der Waals surface area contributed by atoms with Crippen LogP contribution in [0.2, 0.25) is 0 Å². The van der Waals surface area contributed by atoms with E-state index in [0.717, 1.165) is 16.7 Å². The van der Waals surface area contributed by atoms with Crippen LogP contribution in [0.15, 0.2) is 91.0 Å². The van der Waals surface area contributed by atoms with E-state index in [0.29, 0.717) is 33.0 Å². The molecule has 2 aliphatic heterocycles. The van der Waals surface area contributed by atoms with Crippen LogP contribution in [-0.2, 0) is 53.0 Å². The number of hydrogen-bond donors (Lipinski definition) is 0. The Labute approximate surface area is 224 Å². The molecule has 0 N–H and O–H groups in total. The Hall–Kier alpha value is -2.62. The fraction of sp³-hybridized carbons (Fsp3) is 0.419. The number of rotatable bonds is 12. The van der Waals surface area contributed by atoms with Gasteiger partial charge in [-0.1, -0.05) is 91.0 Å². The highest BCUT2D eigenvalue weighted by Gasteiger charge is 2.57. The predicted octanol–water partition coefficient (Wildman–Crippen LogP) is 5.22. The van der Waals surface area contributed by atoms with Crippen molar-refractivity contribution in [2.24, 2.45) is 0 Å². The van der Waals surface area contributed by atoms with Crippen molar-refractivity contribution in [1.82, 2.24) is 0 Å². The maximum atomic E-state index is 6.53. The summed E-state index contributed by atoms with van der Waals surface area (Å²) < 4.78 is 43.8. The lowest BCUT2D eigenvalue weighted by molar-refractivity contribution is -0.343. The van der Waals surface area contributed by atoms with Crippen molar-refractivity contribution in [2.75, 3.05) is 13.2 Å². The summed E-state index contributed by atoms with van der Waals surface area (Å²) in [7, 11) is 0. The molecule has 3 aromatic rings. The summed E-state index contributed by atoms with van der Waals surface area (Å²) >= 11 is 0. The lowest BCUT2D eigenvalue weighted by Gasteiger charge is -2.42. The van der Waals surface area contributed by atoms with E-state index in [-0.39, 0.29) is 0 Å². The summed E-state index contributed by atoms with van der Waals surface area (Å²) in [6.07, 6.45) is -2.62. The van der Waals surface area contributed by atoms with Crippen LogP contribution in [0.25, 0.3) is 0 Å². The van der Waals surface area contributed by atoms with Crippen LogP contribution in [-0.4, -0.2) is 49.9 Å². The Morgan fingerprint density at radius 2 is 1.21 bits per heavy atom. The van der Waals surface area contributed by atoms with Crippen molar-refractivity contribution < 1.29 is 33.2 Å². The molecule has 2 heterocycles. The third kappa shape index (κ3) is 6.87. The average molecular weight is 521 g/mol. The highest BCUT2D eigenvalue weighted by molar-refractivity contribution is 5.15. The van der Waals surface area contributed by atoms with Gasteiger partial charge in [-0.15, -0.1) is 0 Å². The van der Waals surface area contributed by atoms with E-state index in [1.54, 1.807) is 6.92 Å². The standard InChI is InChI=1S/C31H36O7/c1-3-35-31(2)37-29-28(34-21-25-17-11-6-12-18-25)27(33-20-24-15-9-5-10-16-24)26(36-30(29)38-31)22-32-19-23-13-7-4-8-14-23/h4-18,26-30H,3,19-22H2,1-2H3/t26-,27-,28+,29+,30+,31?/m1/s1. The van der Waals surface area contributed by atoms with Crippen molar-refractivity contribution >= 4 is 0 Å². The summed E-state index contributed by atoms with van der Waals surface area (Å²) in [6.45, 7) is 5.65. The first-order chi connectivity index (χ1) is 18.6. The van der Waals surface area contributed by atoms with E-state index in [1.165, 1.54) is 0 Å². The molecule has 3 aromatic carbocycles. The third-order valence-electron chi connectivity index (χ3n) is 6.64. The lowest BCUT2D eigenvalue weighted by Crippen LogP contribution is -2.59. The zero-order valence-electron chi connectivity index (χ0n) is 21.9. The van der Waals surface area contributed by atoms with E-state index < -0.39 is 36.7 Å². The molecule has 0 amide bonds. The summed E-state index contributed by atoms with van der Waals surface area (Å²) in [4.78, 5) is 0. The second-order valence-corrected chi connectivity index (χ2v) is 9.56. The van der Waals surface area contributed by atoms with E-state index >= 15 is 0 Å². The molecule has 0 aliphatic carbocycles. The van der Waals surface area contributed by atoms with Crippen LogP contribution in [0, 0.1) is 0 Å². The fourth-order valence-corrected chi connectivity index (χ4v) is 4.84. The summed E-state index contributed by atoms with van der Waals surface area (Å²) in [5.41, 5.74) is 3.20. The molecule has 0 aromatic heterocycles. The minimum atomic E-state index is -1.23. The average Bonchev–Trinajstić information content (AvgIpc) is 3.28. The smallest absolute Gasteiger partial charge is 0.282 e. The van der Waals surface area contributed by atoms with Gasteiger partial charge in [-0.3, -0.25) is 4.74 Å². The molecule has 0 spiro atoms. The maximum Gasteiger partial charge on any atom is 0.282 e. The van der Waals surface area contributed by atoms with Crippen LogP contribution in [0.4, 0.5) is 0 Å². The predicted molar refractivity (Wildman–Crippen MR) is 141 cm³/mol. The normalized spacial score (nSPS) is 28.7. The quantitative estimate of drug-likeness (QED) is 0.324. The van der Waals surface area contributed by atoms with Crippen molar-refractivity contribution in [1.29, 1.82) is 0 Å². The number of ether oxygens (including phenoxy) is 7. The Kier molecular flexibility index (Phi) is 9.19. The molecule has 0 saturated carbocycles. The molecule has 5 rings (SSSR count). The van der Waals surface area contributed by atoms with Crippen LogP contribution < -0.4 is 0 Å². The van der Waals surface area contributed by atoms with Gasteiger partial charge in [0.15, 0.2) is 6.29 Å². The molecule has 6 atom stereocenters. The van der Waals surface area contributed by atoms with Gasteiger partial charge in [0.2, 0.25) is 0 Å². The highest BCUT2D eigenvalue weighted by atomic mass is 16.9. The van der Waals surface area contributed by atoms with Gasteiger partial charge in [-0.25, -0.2) is 0 Å². The Balaban J connectivity index is 1.37. The van der Waals surface area contributed by atoms with Gasteiger partial charge in [0.1, 0.15) is 24.4 Å². The zero-order chi connectivity index (χ0) is 26.2. The second-order valence-electron chi connectivity index (χ2n) is 9.56. The molecule has 2 saturated heterocycles. The molecule has 2 fully saturated rings. The lowest BCUT2D eigenvalue weighted by atomic mass is 9.98. The molecular weight excluding hydrogens is 484 g/mol. The second kappa shape index (κ2) is 13.0. The monoisotopic (exact) mass is 520 g/mol. The summed E-state index contributed by atoms with van der Waals surface area (Å²) in [5, 5.41) is 0. The summed E-state index contributed by atoms with van der Waals surface area (Å²) in [5.74, 6) is -1.23. The molecule has 1 unspecified atom stereocenters. The molecule has 2 aliphatic rings. The van der Waals surface area contributed by atoms with Crippen molar-refractivity contribution in [2.45, 2.75) is 70.3 Å². The van der Waals surface area contributed by atoms with Gasteiger partial charge in [0.05, 0.1) is 26.4 Å². The van der Waals surface area contributed by atoms with Crippen molar-refractivity contribution in [3.05, 3.63) is 108 Å². The topological polar surface area (TPSA) is 64.6 Å². The molecule has 7 nitrogen and oxygen atoms in total. The molecule has 202 valence electrons. The van der Waals surface area contributed by atoms with Crippen molar-refractivity contribution in [3.63, 3.8) is 0 Å². The molecule has 7 heteroatoms. The van der Waals surface area contributed by atoms with Crippen LogP contribution >= 0.6 is 0 Å². The molecule has 0 bridgehead atoms. The SMILES string of the molecule is CCOC1(C)O[C@@H]2O[C@H](COCc3ccccc3)[C@@H](OCc3ccccc3)[C@H](OCc3ccccc3)[C@@H]2O1. The minimum absolute atomic E-state index is 0.303. The van der Waals surface area contributed by atoms with Gasteiger partial charge in [-0.05, 0) is 23.6 Å². The maximum absolute atomic E-state index is 6.53. The molecule has 0 radical (unpaired) electrons. The van der Waals surface area contributed by atoms with E-state index in [1.807, 2.05) is 97.9 Å². The Morgan fingerprint density at radius 3 is 1.76 bits per heavy atom. The number of benzene rings is 3. The van der Waals surface area contributed by atoms with E-state index in [2.05, 4.69) is 0 Å². The summed E-state index contributed by atoms with van der Waals surface area (Å²) in [6, 6.07) is 30.2. The first-order valence-electron chi connectivity index (χ1n) is 13.2. The van der Waals surface area contributed by atoms with Crippen molar-refractivity contribution in [3.8, 4) is 0 Å². The van der Waals surface area contributed by atoms with Gasteiger partial charge < -0.3 is 28.4 Å². The first-order valence-corrected chi connectivity index (χ1v) is 13.2. The minimum Gasteiger partial charge on any atom is -0.374 e. The van der Waals surface area contributed by atoms with E-state index in [4.69, 9.17) is 33.2 Å². The van der Waals surface area contributed by atoms with Gasteiger partial charge >= 0.3 is 0 Å². The number of hydrogen-bond acceptors (Lipinski definition) is 7. The third-order valence-corrected chi connectivity index (χ3v) is 6.64. The Bertz CT molecular complexity index is 1100. The first kappa shape index (κ1) is 27.0. The fourth-order valence-electron chi connectivity index (χ4n) is 4.84. The van der Waals surface area contributed by atoms with Gasteiger partial charge in [0, 0.05) is 13.5 Å². The van der Waals surface area contributed by atoms with Crippen LogP contribution in [0.3, 0.4) is 0 Å². The zero-order valence-corrected chi connectivity index (χ0v) is 21.9. The largest absolute Gasteiger partial charge is 0.374 e. The van der Waals surface area contributed by atoms with E-state index in [9.17, 15) is 0 Å². The highest BCUT2D eigenvalue weighted by Crippen LogP contribution is 2.40. The van der Waals surface area contributed by atoms with Gasteiger partial charge in [-0.2, -0.15) is 0 Å².